The van der Waals surface area contributed by atoms with E-state index in [4.69, 9.17) is 4.42 Å². The fraction of sp³-hybridized carbons (Fsp3) is 0.250. The number of carbonyl (C=O) groups is 1. The highest BCUT2D eigenvalue weighted by molar-refractivity contribution is 9.10. The van der Waals surface area contributed by atoms with Crippen molar-refractivity contribution in [3.8, 4) is 0 Å². The quantitative estimate of drug-likeness (QED) is 0.939. The molecule has 17 heavy (non-hydrogen) atoms. The van der Waals surface area contributed by atoms with Crippen LogP contribution in [-0.2, 0) is 6.42 Å². The van der Waals surface area contributed by atoms with Gasteiger partial charge in [-0.25, -0.2) is 0 Å². The summed E-state index contributed by atoms with van der Waals surface area (Å²) in [6, 6.07) is 3.82. The van der Waals surface area contributed by atoms with Crippen LogP contribution in [0.2, 0.25) is 0 Å². The molecule has 0 aliphatic carbocycles. The first-order valence-electron chi connectivity index (χ1n) is 5.21. The first kappa shape index (κ1) is 12.4. The number of amides is 1. The normalized spacial score (nSPS) is 12.4. The largest absolute Gasteiger partial charge is 0.457 e. The molecule has 0 bridgehead atoms. The lowest BCUT2D eigenvalue weighted by molar-refractivity contribution is 0.0938. The lowest BCUT2D eigenvalue weighted by Crippen LogP contribution is -2.33. The molecule has 0 saturated heterocycles. The highest BCUT2D eigenvalue weighted by Gasteiger charge is 2.15. The Balaban J connectivity index is 1.93. The minimum atomic E-state index is -0.117. The third-order valence-corrected chi connectivity index (χ3v) is 3.71. The number of hydrogen-bond acceptors (Lipinski definition) is 3. The van der Waals surface area contributed by atoms with Crippen LogP contribution < -0.4 is 5.32 Å². The second kappa shape index (κ2) is 5.51. The van der Waals surface area contributed by atoms with Gasteiger partial charge in [-0.15, -0.1) is 0 Å². The maximum atomic E-state index is 11.9. The molecule has 2 heterocycles. The van der Waals surface area contributed by atoms with Crippen molar-refractivity contribution < 1.29 is 9.21 Å². The molecule has 0 aromatic carbocycles. The molecule has 90 valence electrons. The monoisotopic (exact) mass is 313 g/mol. The van der Waals surface area contributed by atoms with Crippen molar-refractivity contribution in [3.05, 3.63) is 45.0 Å². The summed E-state index contributed by atoms with van der Waals surface area (Å²) in [5, 5.41) is 7.07. The standard InChI is InChI=1S/C12H12BrNO2S/c1-8(6-9-3-5-17-7-9)14-12(15)10-2-4-16-11(10)13/h2-5,7-8H,6H2,1H3,(H,14,15). The Hall–Kier alpha value is -1.07. The van der Waals surface area contributed by atoms with Crippen LogP contribution in [0.1, 0.15) is 22.8 Å². The van der Waals surface area contributed by atoms with Crippen molar-refractivity contribution in [1.82, 2.24) is 5.32 Å². The van der Waals surface area contributed by atoms with E-state index in [9.17, 15) is 4.79 Å². The fourth-order valence-corrected chi connectivity index (χ4v) is 2.67. The zero-order chi connectivity index (χ0) is 12.3. The SMILES string of the molecule is CC(Cc1ccsc1)NC(=O)c1ccoc1Br. The first-order chi connectivity index (χ1) is 8.16. The van der Waals surface area contributed by atoms with E-state index < -0.39 is 0 Å². The van der Waals surface area contributed by atoms with Crippen LogP contribution in [0.3, 0.4) is 0 Å². The van der Waals surface area contributed by atoms with Gasteiger partial charge in [-0.2, -0.15) is 11.3 Å². The van der Waals surface area contributed by atoms with Gasteiger partial charge in [0, 0.05) is 6.04 Å². The van der Waals surface area contributed by atoms with E-state index in [0.29, 0.717) is 10.2 Å². The minimum absolute atomic E-state index is 0.0962. The Bertz CT molecular complexity index is 492. The first-order valence-corrected chi connectivity index (χ1v) is 6.95. The molecular weight excluding hydrogens is 302 g/mol. The molecule has 0 aliphatic rings. The molecule has 2 aromatic heterocycles. The maximum absolute atomic E-state index is 11.9. The molecule has 1 amide bonds. The molecular formula is C12H12BrNO2S. The molecule has 2 aromatic rings. The summed E-state index contributed by atoms with van der Waals surface area (Å²) in [7, 11) is 0. The van der Waals surface area contributed by atoms with Crippen LogP contribution in [0.15, 0.2) is 38.2 Å². The molecule has 1 atom stereocenters. The molecule has 0 saturated carbocycles. The number of thiophene rings is 1. The van der Waals surface area contributed by atoms with Gasteiger partial charge < -0.3 is 9.73 Å². The molecule has 1 N–H and O–H groups in total. The average molecular weight is 314 g/mol. The lowest BCUT2D eigenvalue weighted by atomic mass is 10.1. The second-order valence-corrected chi connectivity index (χ2v) is 5.32. The number of rotatable bonds is 4. The summed E-state index contributed by atoms with van der Waals surface area (Å²) < 4.78 is 5.50. The third-order valence-electron chi connectivity index (χ3n) is 2.36. The van der Waals surface area contributed by atoms with Gasteiger partial charge in [0.1, 0.15) is 0 Å². The predicted octanol–water partition coefficient (Wildman–Crippen LogP) is 3.46. The van der Waals surface area contributed by atoms with Crippen LogP contribution in [0.5, 0.6) is 0 Å². The van der Waals surface area contributed by atoms with E-state index in [1.165, 1.54) is 11.8 Å². The van der Waals surface area contributed by atoms with Gasteiger partial charge >= 0.3 is 0 Å². The second-order valence-electron chi connectivity index (χ2n) is 3.82. The Morgan fingerprint density at radius 3 is 3.00 bits per heavy atom. The molecule has 0 aliphatic heterocycles. The number of nitrogens with one attached hydrogen (secondary N) is 1. The van der Waals surface area contributed by atoms with Crippen molar-refractivity contribution in [2.75, 3.05) is 0 Å². The third kappa shape index (κ3) is 3.20. The van der Waals surface area contributed by atoms with Crippen LogP contribution >= 0.6 is 27.3 Å². The molecule has 0 spiro atoms. The summed E-state index contributed by atoms with van der Waals surface area (Å²) in [5.74, 6) is -0.117. The van der Waals surface area contributed by atoms with Crippen molar-refractivity contribution in [2.24, 2.45) is 0 Å². The highest BCUT2D eigenvalue weighted by atomic mass is 79.9. The lowest BCUT2D eigenvalue weighted by Gasteiger charge is -2.12. The maximum Gasteiger partial charge on any atom is 0.255 e. The van der Waals surface area contributed by atoms with Crippen molar-refractivity contribution in [1.29, 1.82) is 0 Å². The predicted molar refractivity (Wildman–Crippen MR) is 71.4 cm³/mol. The van der Waals surface area contributed by atoms with Crippen LogP contribution in [-0.4, -0.2) is 11.9 Å². The van der Waals surface area contributed by atoms with Crippen LogP contribution in [0, 0.1) is 0 Å². The Morgan fingerprint density at radius 2 is 2.41 bits per heavy atom. The minimum Gasteiger partial charge on any atom is -0.457 e. The summed E-state index contributed by atoms with van der Waals surface area (Å²) in [6.45, 7) is 1.99. The summed E-state index contributed by atoms with van der Waals surface area (Å²) >= 11 is 4.86. The summed E-state index contributed by atoms with van der Waals surface area (Å²) in [5.41, 5.74) is 1.77. The molecule has 3 nitrogen and oxygen atoms in total. The van der Waals surface area contributed by atoms with E-state index in [1.54, 1.807) is 17.4 Å². The number of halogens is 1. The van der Waals surface area contributed by atoms with Crippen molar-refractivity contribution in [3.63, 3.8) is 0 Å². The fourth-order valence-electron chi connectivity index (χ4n) is 1.57. The summed E-state index contributed by atoms with van der Waals surface area (Å²) in [4.78, 5) is 11.9. The van der Waals surface area contributed by atoms with Gasteiger partial charge in [-0.05, 0) is 57.7 Å². The van der Waals surface area contributed by atoms with Gasteiger partial charge in [0.25, 0.3) is 5.91 Å². The number of furan rings is 1. The summed E-state index contributed by atoms with van der Waals surface area (Å²) in [6.07, 6.45) is 2.33. The van der Waals surface area contributed by atoms with Gasteiger partial charge in [0.2, 0.25) is 0 Å². The zero-order valence-electron chi connectivity index (χ0n) is 9.27. The van der Waals surface area contributed by atoms with E-state index in [2.05, 4.69) is 32.7 Å². The smallest absolute Gasteiger partial charge is 0.255 e. The Kier molecular flexibility index (Phi) is 4.02. The Morgan fingerprint density at radius 1 is 1.59 bits per heavy atom. The van der Waals surface area contributed by atoms with Gasteiger partial charge in [0.15, 0.2) is 4.67 Å². The van der Waals surface area contributed by atoms with E-state index in [0.717, 1.165) is 6.42 Å². The van der Waals surface area contributed by atoms with Gasteiger partial charge in [-0.3, -0.25) is 4.79 Å². The topological polar surface area (TPSA) is 42.2 Å². The number of hydrogen-bond donors (Lipinski definition) is 1. The molecule has 5 heteroatoms. The van der Waals surface area contributed by atoms with Gasteiger partial charge in [0.05, 0.1) is 11.8 Å². The van der Waals surface area contributed by atoms with E-state index >= 15 is 0 Å². The van der Waals surface area contributed by atoms with Gasteiger partial charge in [-0.1, -0.05) is 0 Å². The van der Waals surface area contributed by atoms with E-state index in [1.807, 2.05) is 12.3 Å². The zero-order valence-corrected chi connectivity index (χ0v) is 11.7. The highest BCUT2D eigenvalue weighted by Crippen LogP contribution is 2.17. The molecule has 2 rings (SSSR count). The Labute approximate surface area is 112 Å². The van der Waals surface area contributed by atoms with Crippen LogP contribution in [0.25, 0.3) is 0 Å². The number of carbonyl (C=O) groups excluding carboxylic acids is 1. The van der Waals surface area contributed by atoms with E-state index in [-0.39, 0.29) is 11.9 Å². The molecule has 1 unspecified atom stereocenters. The van der Waals surface area contributed by atoms with Crippen molar-refractivity contribution in [2.45, 2.75) is 19.4 Å². The van der Waals surface area contributed by atoms with Crippen molar-refractivity contribution >= 4 is 33.2 Å². The molecule has 0 fully saturated rings. The van der Waals surface area contributed by atoms with Crippen LogP contribution in [0.4, 0.5) is 0 Å². The average Bonchev–Trinajstić information content (AvgIpc) is 2.88. The molecule has 0 radical (unpaired) electrons.